The largest absolute Gasteiger partial charge is 0.467 e. The van der Waals surface area contributed by atoms with Gasteiger partial charge in [0.1, 0.15) is 6.04 Å². The molecule has 3 rings (SSSR count). The molecule has 2 aromatic carbocycles. The van der Waals surface area contributed by atoms with E-state index in [1.54, 1.807) is 4.90 Å². The first kappa shape index (κ1) is 21.5. The molecule has 0 unspecified atom stereocenters. The lowest BCUT2D eigenvalue weighted by molar-refractivity contribution is -0.145. The van der Waals surface area contributed by atoms with E-state index in [9.17, 15) is 14.4 Å². The van der Waals surface area contributed by atoms with Crippen molar-refractivity contribution < 1.29 is 19.1 Å². The number of hydrogen-bond donors (Lipinski definition) is 1. The second kappa shape index (κ2) is 10.5. The van der Waals surface area contributed by atoms with Crippen molar-refractivity contribution in [3.05, 3.63) is 71.8 Å². The lowest BCUT2D eigenvalue weighted by atomic mass is 10.1. The van der Waals surface area contributed by atoms with Crippen LogP contribution in [-0.2, 0) is 20.7 Å². The SMILES string of the molecule is COC(=O)[C@H](Cc1ccccc1)NC(=O)CN1CCN(C(=O)c2ccccc2)CC1. The molecule has 1 fully saturated rings. The van der Waals surface area contributed by atoms with Crippen molar-refractivity contribution >= 4 is 17.8 Å². The fourth-order valence-corrected chi connectivity index (χ4v) is 3.50. The first-order valence-electron chi connectivity index (χ1n) is 10.0. The molecule has 1 atom stereocenters. The molecule has 1 saturated heterocycles. The highest BCUT2D eigenvalue weighted by Gasteiger charge is 2.26. The van der Waals surface area contributed by atoms with E-state index in [0.717, 1.165) is 5.56 Å². The fourth-order valence-electron chi connectivity index (χ4n) is 3.50. The maximum Gasteiger partial charge on any atom is 0.328 e. The van der Waals surface area contributed by atoms with Gasteiger partial charge in [-0.25, -0.2) is 4.79 Å². The Labute approximate surface area is 176 Å². The molecule has 30 heavy (non-hydrogen) atoms. The number of piperazine rings is 1. The van der Waals surface area contributed by atoms with Crippen LogP contribution in [0.15, 0.2) is 60.7 Å². The topological polar surface area (TPSA) is 79.0 Å². The standard InChI is InChI=1S/C23H27N3O4/c1-30-23(29)20(16-18-8-4-2-5-9-18)24-21(27)17-25-12-14-26(15-13-25)22(28)19-10-6-3-7-11-19/h2-11,20H,12-17H2,1H3,(H,24,27)/t20-/m0/s1. The van der Waals surface area contributed by atoms with E-state index in [1.165, 1.54) is 7.11 Å². The highest BCUT2D eigenvalue weighted by Crippen LogP contribution is 2.09. The average Bonchev–Trinajstić information content (AvgIpc) is 2.79. The summed E-state index contributed by atoms with van der Waals surface area (Å²) in [5.41, 5.74) is 1.62. The normalized spacial score (nSPS) is 15.3. The number of carbonyl (C=O) groups excluding carboxylic acids is 3. The molecule has 1 heterocycles. The van der Waals surface area contributed by atoms with E-state index in [0.29, 0.717) is 38.2 Å². The number of nitrogens with one attached hydrogen (secondary N) is 1. The van der Waals surface area contributed by atoms with Gasteiger partial charge in [0.2, 0.25) is 5.91 Å². The predicted octanol–water partition coefficient (Wildman–Crippen LogP) is 1.34. The van der Waals surface area contributed by atoms with E-state index < -0.39 is 12.0 Å². The van der Waals surface area contributed by atoms with Gasteiger partial charge in [-0.2, -0.15) is 0 Å². The first-order valence-corrected chi connectivity index (χ1v) is 10.0. The number of amides is 2. The molecule has 1 aliphatic rings. The van der Waals surface area contributed by atoms with Gasteiger partial charge in [0.05, 0.1) is 13.7 Å². The number of benzene rings is 2. The van der Waals surface area contributed by atoms with Crippen LogP contribution in [0.1, 0.15) is 15.9 Å². The molecular weight excluding hydrogens is 382 g/mol. The van der Waals surface area contributed by atoms with Crippen molar-refractivity contribution in [2.24, 2.45) is 0 Å². The van der Waals surface area contributed by atoms with Crippen LogP contribution in [0.3, 0.4) is 0 Å². The van der Waals surface area contributed by atoms with Crippen molar-refractivity contribution in [2.45, 2.75) is 12.5 Å². The highest BCUT2D eigenvalue weighted by atomic mass is 16.5. The van der Waals surface area contributed by atoms with E-state index in [4.69, 9.17) is 4.74 Å². The van der Waals surface area contributed by atoms with Gasteiger partial charge in [0.25, 0.3) is 5.91 Å². The Morgan fingerprint density at radius 1 is 0.933 bits per heavy atom. The number of ether oxygens (including phenoxy) is 1. The summed E-state index contributed by atoms with van der Waals surface area (Å²) in [5, 5.41) is 2.79. The van der Waals surface area contributed by atoms with E-state index in [2.05, 4.69) is 5.32 Å². The number of esters is 1. The minimum Gasteiger partial charge on any atom is -0.467 e. The molecule has 1 aliphatic heterocycles. The van der Waals surface area contributed by atoms with Gasteiger partial charge in [-0.1, -0.05) is 48.5 Å². The molecule has 0 spiro atoms. The Balaban J connectivity index is 1.49. The summed E-state index contributed by atoms with van der Waals surface area (Å²) >= 11 is 0. The number of nitrogens with zero attached hydrogens (tertiary/aromatic N) is 2. The fraction of sp³-hybridized carbons (Fsp3) is 0.348. The third-order valence-corrected chi connectivity index (χ3v) is 5.15. The maximum atomic E-state index is 12.5. The van der Waals surface area contributed by atoms with Crippen molar-refractivity contribution in [2.75, 3.05) is 39.8 Å². The summed E-state index contributed by atoms with van der Waals surface area (Å²) in [6.07, 6.45) is 0.374. The zero-order valence-electron chi connectivity index (χ0n) is 17.1. The molecule has 7 heteroatoms. The molecule has 158 valence electrons. The molecule has 7 nitrogen and oxygen atoms in total. The monoisotopic (exact) mass is 409 g/mol. The van der Waals surface area contributed by atoms with E-state index in [-0.39, 0.29) is 18.4 Å². The van der Waals surface area contributed by atoms with Gasteiger partial charge in [-0.3, -0.25) is 14.5 Å². The van der Waals surface area contributed by atoms with Crippen molar-refractivity contribution in [1.82, 2.24) is 15.1 Å². The Bertz CT molecular complexity index is 849. The maximum absolute atomic E-state index is 12.5. The molecule has 0 radical (unpaired) electrons. The van der Waals surface area contributed by atoms with Crippen molar-refractivity contribution in [3.63, 3.8) is 0 Å². The number of carbonyl (C=O) groups is 3. The molecular formula is C23H27N3O4. The van der Waals surface area contributed by atoms with Crippen LogP contribution >= 0.6 is 0 Å². The van der Waals surface area contributed by atoms with Crippen LogP contribution in [-0.4, -0.2) is 73.5 Å². The molecule has 2 aromatic rings. The minimum atomic E-state index is -0.731. The quantitative estimate of drug-likeness (QED) is 0.699. The van der Waals surface area contributed by atoms with Crippen LogP contribution in [0.2, 0.25) is 0 Å². The summed E-state index contributed by atoms with van der Waals surface area (Å²) in [6.45, 7) is 2.51. The van der Waals surface area contributed by atoms with Crippen molar-refractivity contribution in [1.29, 1.82) is 0 Å². The van der Waals surface area contributed by atoms with Crippen LogP contribution in [0.5, 0.6) is 0 Å². The Hall–Kier alpha value is -3.19. The Morgan fingerprint density at radius 2 is 1.53 bits per heavy atom. The lowest BCUT2D eigenvalue weighted by Gasteiger charge is -2.34. The summed E-state index contributed by atoms with van der Waals surface area (Å²) in [6, 6.07) is 18.0. The lowest BCUT2D eigenvalue weighted by Crippen LogP contribution is -2.53. The molecule has 2 amide bonds. The molecule has 0 bridgehead atoms. The predicted molar refractivity (Wildman–Crippen MR) is 113 cm³/mol. The van der Waals surface area contributed by atoms with Gasteiger partial charge in [0.15, 0.2) is 0 Å². The second-order valence-corrected chi connectivity index (χ2v) is 7.27. The average molecular weight is 409 g/mol. The summed E-state index contributed by atoms with van der Waals surface area (Å²) in [7, 11) is 1.31. The zero-order chi connectivity index (χ0) is 21.3. The van der Waals surface area contributed by atoms with Crippen LogP contribution in [0, 0.1) is 0 Å². The molecule has 0 aromatic heterocycles. The Morgan fingerprint density at radius 3 is 2.13 bits per heavy atom. The van der Waals surface area contributed by atoms with Gasteiger partial charge in [-0.15, -0.1) is 0 Å². The molecule has 0 aliphatic carbocycles. The third-order valence-electron chi connectivity index (χ3n) is 5.15. The van der Waals surface area contributed by atoms with Gasteiger partial charge in [-0.05, 0) is 17.7 Å². The van der Waals surface area contributed by atoms with Crippen LogP contribution in [0.4, 0.5) is 0 Å². The van der Waals surface area contributed by atoms with Crippen LogP contribution in [0.25, 0.3) is 0 Å². The summed E-state index contributed by atoms with van der Waals surface area (Å²) < 4.78 is 4.85. The number of hydrogen-bond acceptors (Lipinski definition) is 5. The number of rotatable bonds is 7. The molecule has 1 N–H and O–H groups in total. The minimum absolute atomic E-state index is 0.00770. The van der Waals surface area contributed by atoms with E-state index in [1.807, 2.05) is 65.6 Å². The second-order valence-electron chi connectivity index (χ2n) is 7.27. The van der Waals surface area contributed by atoms with Gasteiger partial charge in [0, 0.05) is 38.2 Å². The first-order chi connectivity index (χ1) is 14.6. The Kier molecular flexibility index (Phi) is 7.57. The van der Waals surface area contributed by atoms with Gasteiger partial charge < -0.3 is 15.0 Å². The molecule has 0 saturated carbocycles. The van der Waals surface area contributed by atoms with Crippen LogP contribution < -0.4 is 5.32 Å². The zero-order valence-corrected chi connectivity index (χ0v) is 17.1. The van der Waals surface area contributed by atoms with E-state index >= 15 is 0 Å². The highest BCUT2D eigenvalue weighted by molar-refractivity contribution is 5.94. The van der Waals surface area contributed by atoms with Crippen molar-refractivity contribution in [3.8, 4) is 0 Å². The summed E-state index contributed by atoms with van der Waals surface area (Å²) in [4.78, 5) is 41.0. The smallest absolute Gasteiger partial charge is 0.328 e. The summed E-state index contributed by atoms with van der Waals surface area (Å²) in [5.74, 6) is -0.692. The van der Waals surface area contributed by atoms with Gasteiger partial charge >= 0.3 is 5.97 Å². The third kappa shape index (κ3) is 5.90. The number of methoxy groups -OCH3 is 1.